The molecule has 1 atom stereocenters. The van der Waals surface area contributed by atoms with Gasteiger partial charge in [-0.05, 0) is 6.42 Å². The smallest absolute Gasteiger partial charge is 0.364 e. The molecule has 0 aromatic carbocycles. The molecule has 1 aliphatic carbocycles. The zero-order chi connectivity index (χ0) is 14.4. The average Bonchev–Trinajstić information content (AvgIpc) is 2.20. The fourth-order valence-corrected chi connectivity index (χ4v) is 3.85. The summed E-state index contributed by atoms with van der Waals surface area (Å²) in [4.78, 5) is 2.70. The van der Waals surface area contributed by atoms with Crippen LogP contribution in [-0.4, -0.2) is 85.7 Å². The summed E-state index contributed by atoms with van der Waals surface area (Å²) in [6.45, 7) is 0. The summed E-state index contributed by atoms with van der Waals surface area (Å²) in [6.07, 6.45) is 1.65. The van der Waals surface area contributed by atoms with Crippen molar-refractivity contribution in [1.82, 2.24) is 0 Å². The topological polar surface area (TPSA) is 137 Å². The third-order valence-corrected chi connectivity index (χ3v) is 4.70. The van der Waals surface area contributed by atoms with E-state index < -0.39 is 17.2 Å². The molecule has 0 aromatic rings. The van der Waals surface area contributed by atoms with Crippen LogP contribution in [0.5, 0.6) is 0 Å². The monoisotopic (exact) mass is 405 g/mol. The van der Waals surface area contributed by atoms with Gasteiger partial charge in [-0.1, -0.05) is 0 Å². The highest BCUT2D eigenvalue weighted by molar-refractivity contribution is 4.97. The molecule has 0 aromatic heterocycles. The van der Waals surface area contributed by atoms with E-state index in [1.54, 1.807) is 14.1 Å². The number of halogens is 3. The highest BCUT2D eigenvalue weighted by atomic mass is 35.5. The second-order valence-electron chi connectivity index (χ2n) is 6.29. The van der Waals surface area contributed by atoms with Gasteiger partial charge in [0.25, 0.3) is 5.79 Å². The Morgan fingerprint density at radius 1 is 0.652 bits per heavy atom. The second-order valence-corrected chi connectivity index (χ2v) is 6.29. The molecule has 1 unspecified atom stereocenters. The Bertz CT molecular complexity index is 303. The van der Waals surface area contributed by atoms with Crippen molar-refractivity contribution < 1.29 is 78.2 Å². The highest BCUT2D eigenvalue weighted by Gasteiger charge is 2.77. The standard InChI is InChI=1S/C12H27N3O3.3ClH.2H2O/c1-13(2)10(14(3)4)8-7-9-11(16,17)12(10,18)15(5)6;;;;;/h16-18H,7-9H2,1-6H3;3*1H;2*1H2. The van der Waals surface area contributed by atoms with Crippen molar-refractivity contribution in [3.63, 3.8) is 0 Å². The lowest BCUT2D eigenvalue weighted by molar-refractivity contribution is -1.18. The Hall–Kier alpha value is 0.550. The van der Waals surface area contributed by atoms with Crippen molar-refractivity contribution >= 4 is 0 Å². The van der Waals surface area contributed by atoms with E-state index in [4.69, 9.17) is 0 Å². The predicted molar refractivity (Wildman–Crippen MR) is 74.4 cm³/mol. The van der Waals surface area contributed by atoms with E-state index in [-0.39, 0.29) is 54.6 Å². The third-order valence-electron chi connectivity index (χ3n) is 4.70. The maximum Gasteiger partial charge on any atom is 0.364 e. The molecule has 0 bridgehead atoms. The lowest BCUT2D eigenvalue weighted by Gasteiger charge is -2.54. The van der Waals surface area contributed by atoms with Gasteiger partial charge in [0.2, 0.25) is 0 Å². The SMILES string of the molecule is C[NH+](C)C1([NH+](C)C)CCCC(O)(O)C1(O)[NH+](C)C.O.O.[Cl-].[Cl-].[Cl-]. The number of hydrogen-bond donors (Lipinski definition) is 6. The first-order valence-corrected chi connectivity index (χ1v) is 6.63. The number of hydrogen-bond acceptors (Lipinski definition) is 3. The summed E-state index contributed by atoms with van der Waals surface area (Å²) in [5.74, 6) is -2.07. The lowest BCUT2D eigenvalue weighted by atomic mass is 9.73. The molecule has 8 nitrogen and oxygen atoms in total. The molecule has 148 valence electrons. The largest absolute Gasteiger partial charge is 1.00 e. The molecular formula is C12H34Cl3N3O5. The van der Waals surface area contributed by atoms with Gasteiger partial charge in [0.15, 0.2) is 0 Å². The summed E-state index contributed by atoms with van der Waals surface area (Å²) in [5, 5.41) is 31.9. The Morgan fingerprint density at radius 3 is 1.22 bits per heavy atom. The molecule has 0 heterocycles. The van der Waals surface area contributed by atoms with Crippen LogP contribution >= 0.6 is 0 Å². The lowest BCUT2D eigenvalue weighted by Crippen LogP contribution is -3.46. The summed E-state index contributed by atoms with van der Waals surface area (Å²) in [6, 6.07) is 0. The van der Waals surface area contributed by atoms with Crippen LogP contribution in [0.2, 0.25) is 0 Å². The van der Waals surface area contributed by atoms with Gasteiger partial charge in [0.1, 0.15) is 0 Å². The van der Waals surface area contributed by atoms with Crippen LogP contribution in [0.1, 0.15) is 19.3 Å². The molecule has 0 radical (unpaired) electrons. The first kappa shape index (κ1) is 34.8. The normalized spacial score (nSPS) is 24.5. The van der Waals surface area contributed by atoms with E-state index in [9.17, 15) is 15.3 Å². The van der Waals surface area contributed by atoms with Crippen LogP contribution in [0, 0.1) is 0 Å². The van der Waals surface area contributed by atoms with E-state index >= 15 is 0 Å². The first-order chi connectivity index (χ1) is 8.04. The molecule has 10 N–H and O–H groups in total. The molecule has 11 heteroatoms. The second kappa shape index (κ2) is 11.2. The van der Waals surface area contributed by atoms with Crippen LogP contribution in [0.25, 0.3) is 0 Å². The minimum atomic E-state index is -2.07. The maximum atomic E-state index is 11.1. The van der Waals surface area contributed by atoms with Gasteiger partial charge in [-0.3, -0.25) is 14.7 Å². The molecular weight excluding hydrogens is 373 g/mol. The van der Waals surface area contributed by atoms with Gasteiger partial charge < -0.3 is 63.5 Å². The van der Waals surface area contributed by atoms with Crippen LogP contribution in [0.15, 0.2) is 0 Å². The van der Waals surface area contributed by atoms with Gasteiger partial charge in [-0.15, -0.1) is 0 Å². The summed E-state index contributed by atoms with van der Waals surface area (Å²) >= 11 is 0. The van der Waals surface area contributed by atoms with Crippen molar-refractivity contribution in [2.24, 2.45) is 0 Å². The van der Waals surface area contributed by atoms with Gasteiger partial charge in [0, 0.05) is 6.42 Å². The van der Waals surface area contributed by atoms with Crippen molar-refractivity contribution in [1.29, 1.82) is 0 Å². The van der Waals surface area contributed by atoms with Crippen molar-refractivity contribution in [3.05, 3.63) is 0 Å². The van der Waals surface area contributed by atoms with E-state index in [0.29, 0.717) is 11.3 Å². The molecule has 1 aliphatic rings. The molecule has 0 spiro atoms. The summed E-state index contributed by atoms with van der Waals surface area (Å²) < 4.78 is 0. The van der Waals surface area contributed by atoms with Gasteiger partial charge in [-0.25, -0.2) is 0 Å². The number of quaternary nitrogens is 3. The fraction of sp³-hybridized carbons (Fsp3) is 1.00. The Balaban J connectivity index is -0.000000216. The Morgan fingerprint density at radius 2 is 1.00 bits per heavy atom. The molecule has 0 aliphatic heterocycles. The first-order valence-electron chi connectivity index (χ1n) is 6.63. The Labute approximate surface area is 157 Å². The molecule has 1 rings (SSSR count). The van der Waals surface area contributed by atoms with E-state index in [2.05, 4.69) is 0 Å². The maximum absolute atomic E-state index is 11.1. The van der Waals surface area contributed by atoms with Crippen LogP contribution in [0.3, 0.4) is 0 Å². The zero-order valence-electron chi connectivity index (χ0n) is 14.6. The van der Waals surface area contributed by atoms with Gasteiger partial charge in [-0.2, -0.15) is 0 Å². The number of aliphatic hydroxyl groups is 3. The number of nitrogens with one attached hydrogen (secondary N) is 3. The minimum absolute atomic E-state index is 0. The molecule has 1 fully saturated rings. The average molecular weight is 407 g/mol. The Kier molecular flexibility index (Phi) is 17.0. The number of rotatable bonds is 3. The van der Waals surface area contributed by atoms with Crippen LogP contribution in [0.4, 0.5) is 0 Å². The van der Waals surface area contributed by atoms with Gasteiger partial charge >= 0.3 is 11.4 Å². The van der Waals surface area contributed by atoms with E-state index in [1.807, 2.05) is 28.2 Å². The molecule has 0 saturated heterocycles. The van der Waals surface area contributed by atoms with Crippen molar-refractivity contribution in [2.45, 2.75) is 36.4 Å². The number of likely N-dealkylation sites (N-methyl/N-ethyl adjacent to an activating group) is 3. The molecule has 23 heavy (non-hydrogen) atoms. The van der Waals surface area contributed by atoms with Gasteiger partial charge in [0.05, 0.1) is 48.7 Å². The van der Waals surface area contributed by atoms with Crippen LogP contribution in [-0.2, 0) is 0 Å². The van der Waals surface area contributed by atoms with Crippen LogP contribution < -0.4 is 51.9 Å². The zero-order valence-corrected chi connectivity index (χ0v) is 16.9. The summed E-state index contributed by atoms with van der Waals surface area (Å²) in [5.41, 5.74) is -2.27. The van der Waals surface area contributed by atoms with Crippen molar-refractivity contribution in [2.75, 3.05) is 42.3 Å². The fourth-order valence-electron chi connectivity index (χ4n) is 3.85. The minimum Gasteiger partial charge on any atom is -1.00 e. The highest BCUT2D eigenvalue weighted by Crippen LogP contribution is 2.34. The van der Waals surface area contributed by atoms with E-state index in [1.165, 1.54) is 0 Å². The van der Waals surface area contributed by atoms with Crippen molar-refractivity contribution in [3.8, 4) is 0 Å². The quantitative estimate of drug-likeness (QED) is 0.260. The summed E-state index contributed by atoms with van der Waals surface area (Å²) in [7, 11) is 11.4. The predicted octanol–water partition coefficient (Wildman–Crippen LogP) is -16.0. The third kappa shape index (κ3) is 4.80. The molecule has 1 saturated carbocycles. The van der Waals surface area contributed by atoms with E-state index in [0.717, 1.165) is 16.2 Å². The molecule has 0 amide bonds.